The molecular weight excluding hydrogens is 172 g/mol. The molecule has 2 heterocycles. The van der Waals surface area contributed by atoms with Gasteiger partial charge in [-0.2, -0.15) is 0 Å². The minimum Gasteiger partial charge on any atom is -0.492 e. The summed E-state index contributed by atoms with van der Waals surface area (Å²) in [7, 11) is 0. The number of nitrogens with two attached hydrogens (primary N) is 1. The van der Waals surface area contributed by atoms with E-state index in [4.69, 9.17) is 15.0 Å². The van der Waals surface area contributed by atoms with E-state index in [9.17, 15) is 5.11 Å². The summed E-state index contributed by atoms with van der Waals surface area (Å²) >= 11 is 0. The Morgan fingerprint density at radius 2 is 2.38 bits per heavy atom. The van der Waals surface area contributed by atoms with Crippen molar-refractivity contribution in [3.63, 3.8) is 0 Å². The molecule has 0 aliphatic carbocycles. The maximum Gasteiger partial charge on any atom is 0.229 e. The minimum atomic E-state index is 0.00981. The summed E-state index contributed by atoms with van der Waals surface area (Å²) in [6.45, 7) is 2.29. The van der Waals surface area contributed by atoms with Gasteiger partial charge in [0.2, 0.25) is 5.88 Å². The Bertz CT molecular complexity index is 430. The maximum atomic E-state index is 9.38. The Morgan fingerprint density at radius 1 is 1.62 bits per heavy atom. The lowest BCUT2D eigenvalue weighted by atomic mass is 10.5. The molecule has 0 unspecified atom stereocenters. The van der Waals surface area contributed by atoms with Crippen molar-refractivity contribution in [2.24, 2.45) is 0 Å². The van der Waals surface area contributed by atoms with Gasteiger partial charge in [-0.1, -0.05) is 0 Å². The van der Waals surface area contributed by atoms with Crippen molar-refractivity contribution in [3.05, 3.63) is 12.1 Å². The van der Waals surface area contributed by atoms with Crippen molar-refractivity contribution in [1.82, 2.24) is 4.73 Å². The van der Waals surface area contributed by atoms with E-state index in [0.29, 0.717) is 23.6 Å². The molecular formula is C8H10N2O3. The molecule has 0 aliphatic rings. The number of hydrogen-bond acceptors (Lipinski definition) is 4. The molecule has 0 saturated carbocycles. The highest BCUT2D eigenvalue weighted by Gasteiger charge is 2.12. The molecule has 0 fully saturated rings. The third-order valence-electron chi connectivity index (χ3n) is 1.70. The number of aromatic hydroxyl groups is 1. The van der Waals surface area contributed by atoms with Crippen molar-refractivity contribution >= 4 is 17.0 Å². The van der Waals surface area contributed by atoms with Gasteiger partial charge in [0.05, 0.1) is 0 Å². The van der Waals surface area contributed by atoms with Crippen LogP contribution in [0.15, 0.2) is 16.5 Å². The van der Waals surface area contributed by atoms with Crippen molar-refractivity contribution in [1.29, 1.82) is 0 Å². The van der Waals surface area contributed by atoms with Gasteiger partial charge in [0.1, 0.15) is 12.1 Å². The highest BCUT2D eigenvalue weighted by atomic mass is 16.7. The molecule has 2 aromatic rings. The van der Waals surface area contributed by atoms with Gasteiger partial charge in [0.25, 0.3) is 0 Å². The largest absolute Gasteiger partial charge is 0.492 e. The second-order valence-electron chi connectivity index (χ2n) is 2.61. The molecule has 0 radical (unpaired) electrons. The van der Waals surface area contributed by atoms with Crippen LogP contribution in [0.5, 0.6) is 5.88 Å². The molecule has 0 aromatic carbocycles. The predicted molar refractivity (Wildman–Crippen MR) is 47.4 cm³/mol. The Balaban J connectivity index is 2.61. The molecule has 0 spiro atoms. The third-order valence-corrected chi connectivity index (χ3v) is 1.70. The summed E-state index contributed by atoms with van der Waals surface area (Å²) < 4.78 is 6.38. The smallest absolute Gasteiger partial charge is 0.229 e. The molecule has 13 heavy (non-hydrogen) atoms. The van der Waals surface area contributed by atoms with Gasteiger partial charge in [-0.25, -0.2) is 0 Å². The summed E-state index contributed by atoms with van der Waals surface area (Å²) in [6, 6.07) is 3.06. The monoisotopic (exact) mass is 182 g/mol. The second kappa shape index (κ2) is 2.62. The fourth-order valence-electron chi connectivity index (χ4n) is 1.24. The lowest BCUT2D eigenvalue weighted by molar-refractivity contribution is 0.112. The number of aromatic nitrogens is 1. The molecule has 70 valence electrons. The average molecular weight is 182 g/mol. The van der Waals surface area contributed by atoms with E-state index in [2.05, 4.69) is 0 Å². The minimum absolute atomic E-state index is 0.00981. The van der Waals surface area contributed by atoms with E-state index < -0.39 is 0 Å². The van der Waals surface area contributed by atoms with E-state index in [0.717, 1.165) is 0 Å². The van der Waals surface area contributed by atoms with Crippen LogP contribution in [-0.2, 0) is 0 Å². The Morgan fingerprint density at radius 3 is 3.08 bits per heavy atom. The highest BCUT2D eigenvalue weighted by molar-refractivity contribution is 5.79. The predicted octanol–water partition coefficient (Wildman–Crippen LogP) is 0.971. The Labute approximate surface area is 74.3 Å². The summed E-state index contributed by atoms with van der Waals surface area (Å²) in [5, 5.41) is 9.38. The summed E-state index contributed by atoms with van der Waals surface area (Å²) in [5.41, 5.74) is 6.59. The van der Waals surface area contributed by atoms with E-state index in [-0.39, 0.29) is 5.88 Å². The number of anilines is 1. The van der Waals surface area contributed by atoms with Crippen molar-refractivity contribution < 1.29 is 14.4 Å². The van der Waals surface area contributed by atoms with Gasteiger partial charge in [-0.3, -0.25) is 0 Å². The van der Waals surface area contributed by atoms with E-state index in [1.54, 1.807) is 6.07 Å². The van der Waals surface area contributed by atoms with Gasteiger partial charge in [-0.05, 0) is 6.92 Å². The number of rotatable bonds is 2. The van der Waals surface area contributed by atoms with E-state index >= 15 is 0 Å². The molecule has 2 aromatic heterocycles. The van der Waals surface area contributed by atoms with Crippen LogP contribution in [0.3, 0.4) is 0 Å². The molecule has 2 rings (SSSR count). The molecule has 0 aliphatic heterocycles. The molecule has 0 bridgehead atoms. The topological polar surface area (TPSA) is 73.5 Å². The molecule has 5 nitrogen and oxygen atoms in total. The number of nitrogen functional groups attached to an aromatic ring is 1. The van der Waals surface area contributed by atoms with Gasteiger partial charge < -0.3 is 20.1 Å². The lowest BCUT2D eigenvalue weighted by Crippen LogP contribution is -2.08. The van der Waals surface area contributed by atoms with Gasteiger partial charge in [0, 0.05) is 12.1 Å². The van der Waals surface area contributed by atoms with Crippen molar-refractivity contribution in [2.45, 2.75) is 6.92 Å². The van der Waals surface area contributed by atoms with Crippen molar-refractivity contribution in [3.8, 4) is 5.88 Å². The van der Waals surface area contributed by atoms with Crippen LogP contribution < -0.4 is 10.6 Å². The fraction of sp³-hybridized carbons (Fsp3) is 0.250. The zero-order chi connectivity index (χ0) is 9.42. The van der Waals surface area contributed by atoms with Gasteiger partial charge in [0.15, 0.2) is 11.5 Å². The van der Waals surface area contributed by atoms with Crippen LogP contribution in [0.2, 0.25) is 0 Å². The van der Waals surface area contributed by atoms with E-state index in [1.807, 2.05) is 6.92 Å². The first-order valence-electron chi connectivity index (χ1n) is 3.95. The zero-order valence-corrected chi connectivity index (χ0v) is 7.15. The van der Waals surface area contributed by atoms with Crippen LogP contribution in [-0.4, -0.2) is 16.4 Å². The summed E-state index contributed by atoms with van der Waals surface area (Å²) in [5.74, 6) is 0.314. The fourth-order valence-corrected chi connectivity index (χ4v) is 1.24. The summed E-state index contributed by atoms with van der Waals surface area (Å²) in [6.07, 6.45) is 0. The van der Waals surface area contributed by atoms with E-state index in [1.165, 1.54) is 10.8 Å². The third kappa shape index (κ3) is 1.09. The highest BCUT2D eigenvalue weighted by Crippen LogP contribution is 2.27. The van der Waals surface area contributed by atoms with Crippen LogP contribution in [0.1, 0.15) is 6.92 Å². The molecule has 0 amide bonds. The quantitative estimate of drug-likeness (QED) is 0.725. The zero-order valence-electron chi connectivity index (χ0n) is 7.15. The first kappa shape index (κ1) is 7.85. The number of fused-ring (bicyclic) bond motifs is 1. The Kier molecular flexibility index (Phi) is 1.58. The maximum absolute atomic E-state index is 9.38. The van der Waals surface area contributed by atoms with Gasteiger partial charge >= 0.3 is 0 Å². The molecule has 5 heteroatoms. The number of nitrogens with zero attached hydrogens (tertiary/aromatic N) is 1. The Hall–Kier alpha value is -1.78. The summed E-state index contributed by atoms with van der Waals surface area (Å²) in [4.78, 5) is 5.15. The van der Waals surface area contributed by atoms with Crippen LogP contribution in [0.25, 0.3) is 11.1 Å². The number of hydrogen-bond donors (Lipinski definition) is 2. The van der Waals surface area contributed by atoms with Crippen molar-refractivity contribution in [2.75, 3.05) is 12.3 Å². The molecule has 0 saturated heterocycles. The first-order chi connectivity index (χ1) is 6.22. The lowest BCUT2D eigenvalue weighted by Gasteiger charge is -2.04. The average Bonchev–Trinajstić information content (AvgIpc) is 2.52. The SMILES string of the molecule is CCOn1c(O)cc2oc(N)cc21. The van der Waals surface area contributed by atoms with Crippen LogP contribution in [0, 0.1) is 0 Å². The standard InChI is InChI=1S/C8H10N2O3/c1-2-12-10-5-3-7(9)13-6(5)4-8(10)11/h3-4,11H,2,9H2,1H3. The molecule has 3 N–H and O–H groups in total. The normalized spacial score (nSPS) is 10.8. The number of furan rings is 1. The molecule has 0 atom stereocenters. The second-order valence-corrected chi connectivity index (χ2v) is 2.61. The first-order valence-corrected chi connectivity index (χ1v) is 3.95. The van der Waals surface area contributed by atoms with Crippen LogP contribution >= 0.6 is 0 Å². The van der Waals surface area contributed by atoms with Crippen LogP contribution in [0.4, 0.5) is 5.88 Å². The van der Waals surface area contributed by atoms with Gasteiger partial charge in [-0.15, -0.1) is 4.73 Å².